The molecule has 1 aliphatic heterocycles. The highest BCUT2D eigenvalue weighted by molar-refractivity contribution is 6.21. The summed E-state index contributed by atoms with van der Waals surface area (Å²) in [5.74, 6) is -1.66. The zero-order valence-corrected chi connectivity index (χ0v) is 17.7. The number of halogens is 1. The van der Waals surface area contributed by atoms with Gasteiger partial charge >= 0.3 is 0 Å². The van der Waals surface area contributed by atoms with Gasteiger partial charge in [-0.15, -0.1) is 0 Å². The third kappa shape index (κ3) is 3.00. The first kappa shape index (κ1) is 20.3. The van der Waals surface area contributed by atoms with Crippen LogP contribution in [0.25, 0.3) is 0 Å². The van der Waals surface area contributed by atoms with Crippen molar-refractivity contribution < 1.29 is 14.0 Å². The Balaban J connectivity index is 1.75. The van der Waals surface area contributed by atoms with E-state index in [9.17, 15) is 9.59 Å². The monoisotopic (exact) mass is 426 g/mol. The predicted octanol–water partition coefficient (Wildman–Crippen LogP) is 5.47. The molecule has 0 unspecified atom stereocenters. The molecule has 0 aromatic heterocycles. The topological polar surface area (TPSA) is 49.7 Å². The van der Waals surface area contributed by atoms with E-state index in [1.165, 1.54) is 11.1 Å². The average molecular weight is 426 g/mol. The van der Waals surface area contributed by atoms with Crippen LogP contribution in [0.4, 0.5) is 10.1 Å². The molecule has 0 saturated heterocycles. The molecule has 2 aliphatic rings. The SMILES string of the molecule is CC1=NN(c2ccccc2)C(=O)[C@@]12[C@@H](c1ccccc1)CC(=O)C[C@@H]2c1ccccc1F. The summed E-state index contributed by atoms with van der Waals surface area (Å²) in [6, 6.07) is 25.3. The van der Waals surface area contributed by atoms with Crippen molar-refractivity contribution in [3.05, 3.63) is 102 Å². The lowest BCUT2D eigenvalue weighted by Gasteiger charge is -2.45. The number of benzene rings is 3. The Morgan fingerprint density at radius 2 is 1.44 bits per heavy atom. The minimum atomic E-state index is -1.15. The Morgan fingerprint density at radius 1 is 0.844 bits per heavy atom. The second-order valence-electron chi connectivity index (χ2n) is 8.49. The van der Waals surface area contributed by atoms with Crippen molar-refractivity contribution in [2.75, 3.05) is 5.01 Å². The second kappa shape index (κ2) is 7.83. The summed E-state index contributed by atoms with van der Waals surface area (Å²) in [6.07, 6.45) is 0.321. The molecule has 0 radical (unpaired) electrons. The van der Waals surface area contributed by atoms with Crippen LogP contribution in [0.3, 0.4) is 0 Å². The second-order valence-corrected chi connectivity index (χ2v) is 8.49. The van der Waals surface area contributed by atoms with Gasteiger partial charge in [-0.1, -0.05) is 66.7 Å². The Hall–Kier alpha value is -3.60. The lowest BCUT2D eigenvalue weighted by molar-refractivity contribution is -0.131. The molecule has 1 fully saturated rings. The molecule has 1 saturated carbocycles. The fraction of sp³-hybridized carbons (Fsp3) is 0.222. The van der Waals surface area contributed by atoms with E-state index in [1.807, 2.05) is 67.6 Å². The van der Waals surface area contributed by atoms with Crippen molar-refractivity contribution in [1.82, 2.24) is 0 Å². The Bertz CT molecular complexity index is 1210. The maximum absolute atomic E-state index is 15.1. The number of anilines is 1. The maximum Gasteiger partial charge on any atom is 0.260 e. The molecule has 1 aliphatic carbocycles. The van der Waals surface area contributed by atoms with Gasteiger partial charge in [0.05, 0.1) is 11.4 Å². The van der Waals surface area contributed by atoms with Gasteiger partial charge in [0.1, 0.15) is 17.0 Å². The van der Waals surface area contributed by atoms with Crippen LogP contribution in [0.1, 0.15) is 42.7 Å². The van der Waals surface area contributed by atoms with E-state index >= 15 is 4.39 Å². The van der Waals surface area contributed by atoms with Crippen LogP contribution in [0.2, 0.25) is 0 Å². The number of para-hydroxylation sites is 1. The lowest BCUT2D eigenvalue weighted by Crippen LogP contribution is -2.52. The standard InChI is InChI=1S/C27H23FN2O2/c1-18-27(26(32)30(29-18)20-12-6-3-7-13-20)23(19-10-4-2-5-11-19)16-21(31)17-24(27)22-14-8-9-15-25(22)28/h2-15,23-24H,16-17H2,1H3/t23-,24-,27-/m1/s1. The number of carbonyl (C=O) groups is 2. The van der Waals surface area contributed by atoms with Crippen molar-refractivity contribution in [3.8, 4) is 0 Å². The molecule has 3 aromatic carbocycles. The zero-order valence-electron chi connectivity index (χ0n) is 17.7. The van der Waals surface area contributed by atoms with E-state index in [4.69, 9.17) is 0 Å². The van der Waals surface area contributed by atoms with Crippen LogP contribution >= 0.6 is 0 Å². The van der Waals surface area contributed by atoms with Crippen LogP contribution in [0.5, 0.6) is 0 Å². The summed E-state index contributed by atoms with van der Waals surface area (Å²) in [7, 11) is 0. The minimum absolute atomic E-state index is 0.0245. The quantitative estimate of drug-likeness (QED) is 0.558. The first-order valence-electron chi connectivity index (χ1n) is 10.8. The maximum atomic E-state index is 15.1. The summed E-state index contributed by atoms with van der Waals surface area (Å²) < 4.78 is 15.1. The van der Waals surface area contributed by atoms with Crippen LogP contribution in [-0.4, -0.2) is 17.4 Å². The normalized spacial score (nSPS) is 25.3. The Labute approximate surface area is 186 Å². The number of amides is 1. The van der Waals surface area contributed by atoms with Crippen LogP contribution in [0, 0.1) is 11.2 Å². The molecule has 160 valence electrons. The highest BCUT2D eigenvalue weighted by Gasteiger charge is 2.62. The summed E-state index contributed by atoms with van der Waals surface area (Å²) in [5.41, 5.74) is 1.40. The van der Waals surface area contributed by atoms with E-state index in [-0.39, 0.29) is 24.5 Å². The van der Waals surface area contributed by atoms with E-state index < -0.39 is 23.1 Å². The number of hydrazone groups is 1. The largest absolute Gasteiger partial charge is 0.300 e. The number of Topliss-reactive ketones (excluding diaryl/α,β-unsaturated/α-hetero) is 1. The molecule has 4 nitrogen and oxygen atoms in total. The molecule has 32 heavy (non-hydrogen) atoms. The number of carbonyl (C=O) groups excluding carboxylic acids is 2. The van der Waals surface area contributed by atoms with Crippen molar-refractivity contribution >= 4 is 23.1 Å². The van der Waals surface area contributed by atoms with Crippen molar-refractivity contribution in [1.29, 1.82) is 0 Å². The average Bonchev–Trinajstić information content (AvgIpc) is 3.08. The number of ketones is 1. The predicted molar refractivity (Wildman–Crippen MR) is 122 cm³/mol. The highest BCUT2D eigenvalue weighted by atomic mass is 19.1. The molecule has 3 atom stereocenters. The molecule has 3 aromatic rings. The molecular weight excluding hydrogens is 403 g/mol. The summed E-state index contributed by atoms with van der Waals surface area (Å²) >= 11 is 0. The Kier molecular flexibility index (Phi) is 4.97. The van der Waals surface area contributed by atoms with Crippen LogP contribution in [-0.2, 0) is 9.59 Å². The molecular formula is C27H23FN2O2. The van der Waals surface area contributed by atoms with Crippen LogP contribution in [0.15, 0.2) is 90.0 Å². The number of hydrogen-bond donors (Lipinski definition) is 0. The van der Waals surface area contributed by atoms with E-state index in [1.54, 1.807) is 18.2 Å². The number of rotatable bonds is 3. The first-order chi connectivity index (χ1) is 15.5. The molecule has 5 rings (SSSR count). The fourth-order valence-corrected chi connectivity index (χ4v) is 5.44. The summed E-state index contributed by atoms with van der Waals surface area (Å²) in [6.45, 7) is 1.83. The van der Waals surface area contributed by atoms with Crippen molar-refractivity contribution in [2.24, 2.45) is 10.5 Å². The molecule has 1 amide bonds. The van der Waals surface area contributed by atoms with Gasteiger partial charge in [-0.25, -0.2) is 4.39 Å². The smallest absolute Gasteiger partial charge is 0.260 e. The summed E-state index contributed by atoms with van der Waals surface area (Å²) in [4.78, 5) is 27.2. The van der Waals surface area contributed by atoms with Crippen molar-refractivity contribution in [2.45, 2.75) is 31.6 Å². The van der Waals surface area contributed by atoms with Gasteiger partial charge < -0.3 is 0 Å². The van der Waals surface area contributed by atoms with E-state index in [0.29, 0.717) is 17.0 Å². The third-order valence-electron chi connectivity index (χ3n) is 6.84. The number of nitrogens with zero attached hydrogens (tertiary/aromatic N) is 2. The fourth-order valence-electron chi connectivity index (χ4n) is 5.44. The van der Waals surface area contributed by atoms with E-state index in [2.05, 4.69) is 5.10 Å². The number of hydrogen-bond acceptors (Lipinski definition) is 3. The Morgan fingerprint density at radius 3 is 2.12 bits per heavy atom. The van der Waals surface area contributed by atoms with Gasteiger partial charge in [-0.3, -0.25) is 9.59 Å². The van der Waals surface area contributed by atoms with Gasteiger partial charge in [-0.05, 0) is 36.2 Å². The first-order valence-corrected chi connectivity index (χ1v) is 10.8. The molecule has 0 N–H and O–H groups in total. The molecule has 5 heteroatoms. The molecule has 0 bridgehead atoms. The van der Waals surface area contributed by atoms with Gasteiger partial charge in [0.25, 0.3) is 5.91 Å². The van der Waals surface area contributed by atoms with Gasteiger partial charge in [-0.2, -0.15) is 10.1 Å². The molecule has 1 heterocycles. The minimum Gasteiger partial charge on any atom is -0.300 e. The highest BCUT2D eigenvalue weighted by Crippen LogP contribution is 2.58. The van der Waals surface area contributed by atoms with Gasteiger partial charge in [0.2, 0.25) is 0 Å². The van der Waals surface area contributed by atoms with Gasteiger partial charge in [0.15, 0.2) is 0 Å². The molecule has 1 spiro atoms. The van der Waals surface area contributed by atoms with Crippen LogP contribution < -0.4 is 5.01 Å². The van der Waals surface area contributed by atoms with E-state index in [0.717, 1.165) is 5.56 Å². The van der Waals surface area contributed by atoms with Crippen molar-refractivity contribution in [3.63, 3.8) is 0 Å². The lowest BCUT2D eigenvalue weighted by atomic mass is 9.54. The third-order valence-corrected chi connectivity index (χ3v) is 6.84. The zero-order chi connectivity index (χ0) is 22.3. The summed E-state index contributed by atoms with van der Waals surface area (Å²) in [5, 5.41) is 6.12. The van der Waals surface area contributed by atoms with Gasteiger partial charge in [0, 0.05) is 24.7 Å².